The Morgan fingerprint density at radius 2 is 1.64 bits per heavy atom. The number of hydrogen-bond acceptors (Lipinski definition) is 4. The van der Waals surface area contributed by atoms with Crippen molar-refractivity contribution in [1.82, 2.24) is 4.57 Å². The van der Waals surface area contributed by atoms with E-state index >= 15 is 0 Å². The molecular weight excluding hydrogens is 379 g/mol. The number of alkyl halides is 3. The zero-order valence-corrected chi connectivity index (χ0v) is 14.9. The third-order valence-electron chi connectivity index (χ3n) is 3.58. The largest absolute Gasteiger partial charge is 0.417 e. The first-order valence-corrected chi connectivity index (χ1v) is 7.97. The topological polar surface area (TPSA) is 97.3 Å². The highest BCUT2D eigenvalue weighted by Crippen LogP contribution is 2.28. The molecule has 7 nitrogen and oxygen atoms in total. The quantitative estimate of drug-likeness (QED) is 0.761. The summed E-state index contributed by atoms with van der Waals surface area (Å²) >= 11 is 0. The smallest absolute Gasteiger partial charge is 0.326 e. The molecule has 0 saturated carbocycles. The summed E-state index contributed by atoms with van der Waals surface area (Å²) in [5.41, 5.74) is -1.50. The lowest BCUT2D eigenvalue weighted by Gasteiger charge is -2.13. The molecule has 0 aliphatic heterocycles. The second-order valence-electron chi connectivity index (χ2n) is 5.93. The number of Topliss-reactive ketones (excluding diaryl/α,β-unsaturated/α-hetero) is 1. The van der Waals surface area contributed by atoms with Crippen molar-refractivity contribution < 1.29 is 27.6 Å². The Morgan fingerprint density at radius 3 is 2.21 bits per heavy atom. The summed E-state index contributed by atoms with van der Waals surface area (Å²) in [7, 11) is 0. The molecule has 0 unspecified atom stereocenters. The Balaban J connectivity index is 2.39. The van der Waals surface area contributed by atoms with Crippen LogP contribution >= 0.6 is 0 Å². The molecule has 2 rings (SSSR count). The van der Waals surface area contributed by atoms with E-state index in [9.17, 15) is 32.3 Å². The first-order valence-electron chi connectivity index (χ1n) is 7.97. The number of hydrogen-bond donors (Lipinski definition) is 2. The molecule has 0 bridgehead atoms. The van der Waals surface area contributed by atoms with Crippen LogP contribution in [0.3, 0.4) is 0 Å². The first-order chi connectivity index (χ1) is 13.0. The van der Waals surface area contributed by atoms with Crippen LogP contribution in [0, 0.1) is 0 Å². The zero-order valence-electron chi connectivity index (χ0n) is 14.9. The molecule has 1 aromatic heterocycles. The SMILES string of the molecule is CC(=O)Nc1ccc(C(=O)Cn2cc(C(F)(F)F)ccc2=O)c(NC(C)=O)c1. The van der Waals surface area contributed by atoms with Gasteiger partial charge in [0.25, 0.3) is 5.56 Å². The van der Waals surface area contributed by atoms with Gasteiger partial charge in [-0.25, -0.2) is 0 Å². The van der Waals surface area contributed by atoms with E-state index in [4.69, 9.17) is 0 Å². The Bertz CT molecular complexity index is 996. The van der Waals surface area contributed by atoms with Gasteiger partial charge in [0, 0.05) is 37.4 Å². The molecule has 0 fully saturated rings. The number of pyridine rings is 1. The van der Waals surface area contributed by atoms with Gasteiger partial charge in [-0.2, -0.15) is 13.2 Å². The maximum atomic E-state index is 12.8. The van der Waals surface area contributed by atoms with Crippen LogP contribution in [0.1, 0.15) is 29.8 Å². The Morgan fingerprint density at radius 1 is 1.00 bits per heavy atom. The van der Waals surface area contributed by atoms with Crippen LogP contribution in [0.4, 0.5) is 24.5 Å². The van der Waals surface area contributed by atoms with Gasteiger partial charge < -0.3 is 15.2 Å². The molecule has 1 heterocycles. The molecule has 2 aromatic rings. The second-order valence-corrected chi connectivity index (χ2v) is 5.93. The first kappa shape index (κ1) is 20.9. The molecule has 0 saturated heterocycles. The Kier molecular flexibility index (Phi) is 6.02. The number of ketones is 1. The van der Waals surface area contributed by atoms with Gasteiger partial charge in [-0.15, -0.1) is 0 Å². The van der Waals surface area contributed by atoms with Gasteiger partial charge in [0.2, 0.25) is 11.8 Å². The van der Waals surface area contributed by atoms with Crippen molar-refractivity contribution in [3.05, 3.63) is 58.0 Å². The van der Waals surface area contributed by atoms with Crippen molar-refractivity contribution in [3.63, 3.8) is 0 Å². The zero-order chi connectivity index (χ0) is 21.1. The molecule has 0 spiro atoms. The Hall–Kier alpha value is -3.43. The fourth-order valence-corrected chi connectivity index (χ4v) is 2.42. The van der Waals surface area contributed by atoms with Crippen molar-refractivity contribution in [2.75, 3.05) is 10.6 Å². The number of benzene rings is 1. The number of nitrogens with zero attached hydrogens (tertiary/aromatic N) is 1. The maximum Gasteiger partial charge on any atom is 0.417 e. The van der Waals surface area contributed by atoms with Crippen molar-refractivity contribution in [1.29, 1.82) is 0 Å². The van der Waals surface area contributed by atoms with E-state index in [-0.39, 0.29) is 17.2 Å². The molecule has 148 valence electrons. The van der Waals surface area contributed by atoms with Gasteiger partial charge in [0.05, 0.1) is 17.8 Å². The molecule has 10 heteroatoms. The van der Waals surface area contributed by atoms with Gasteiger partial charge >= 0.3 is 6.18 Å². The van der Waals surface area contributed by atoms with Crippen molar-refractivity contribution in [2.24, 2.45) is 0 Å². The van der Waals surface area contributed by atoms with Crippen LogP contribution in [0.5, 0.6) is 0 Å². The van der Waals surface area contributed by atoms with Gasteiger partial charge in [-0.3, -0.25) is 19.2 Å². The molecule has 0 aliphatic rings. The van der Waals surface area contributed by atoms with Crippen LogP contribution in [-0.2, 0) is 22.3 Å². The molecular formula is C18H16F3N3O4. The third kappa shape index (κ3) is 5.29. The van der Waals surface area contributed by atoms with E-state index in [2.05, 4.69) is 10.6 Å². The minimum absolute atomic E-state index is 0.0198. The number of halogens is 3. The van der Waals surface area contributed by atoms with E-state index in [0.29, 0.717) is 22.5 Å². The lowest BCUT2D eigenvalue weighted by atomic mass is 10.1. The summed E-state index contributed by atoms with van der Waals surface area (Å²) < 4.78 is 39.1. The molecule has 0 aliphatic carbocycles. The average Bonchev–Trinajstić information content (AvgIpc) is 2.54. The van der Waals surface area contributed by atoms with E-state index in [1.165, 1.54) is 32.0 Å². The molecule has 2 amide bonds. The number of carbonyl (C=O) groups is 3. The van der Waals surface area contributed by atoms with Crippen LogP contribution in [0.2, 0.25) is 0 Å². The minimum Gasteiger partial charge on any atom is -0.326 e. The number of rotatable bonds is 5. The normalized spacial score (nSPS) is 11.0. The van der Waals surface area contributed by atoms with Crippen LogP contribution in [0.25, 0.3) is 0 Å². The van der Waals surface area contributed by atoms with Crippen LogP contribution in [-0.4, -0.2) is 22.2 Å². The van der Waals surface area contributed by atoms with E-state index in [1.54, 1.807) is 0 Å². The van der Waals surface area contributed by atoms with Gasteiger partial charge in [-0.1, -0.05) is 0 Å². The second kappa shape index (κ2) is 8.07. The van der Waals surface area contributed by atoms with Gasteiger partial charge in [0.15, 0.2) is 5.78 Å². The lowest BCUT2D eigenvalue weighted by molar-refractivity contribution is -0.138. The number of nitrogens with one attached hydrogen (secondary N) is 2. The number of anilines is 2. The van der Waals surface area contributed by atoms with Crippen molar-refractivity contribution in [2.45, 2.75) is 26.6 Å². The van der Waals surface area contributed by atoms with Crippen molar-refractivity contribution in [3.8, 4) is 0 Å². The van der Waals surface area contributed by atoms with Crippen LogP contribution in [0.15, 0.2) is 41.3 Å². The maximum absolute atomic E-state index is 12.8. The van der Waals surface area contributed by atoms with E-state index in [1.807, 2.05) is 0 Å². The van der Waals surface area contributed by atoms with Gasteiger partial charge in [-0.05, 0) is 24.3 Å². The molecule has 0 atom stereocenters. The molecule has 2 N–H and O–H groups in total. The molecule has 0 radical (unpaired) electrons. The standard InChI is InChI=1S/C18H16F3N3O4/c1-10(25)22-13-4-5-14(15(7-13)23-11(2)26)16(27)9-24-8-12(18(19,20)21)3-6-17(24)28/h3-8H,9H2,1-2H3,(H,22,25)(H,23,26). The van der Waals surface area contributed by atoms with E-state index < -0.39 is 35.5 Å². The summed E-state index contributed by atoms with van der Waals surface area (Å²) in [5.74, 6) is -1.56. The number of carbonyl (C=O) groups excluding carboxylic acids is 3. The highest BCUT2D eigenvalue weighted by Gasteiger charge is 2.31. The highest BCUT2D eigenvalue weighted by atomic mass is 19.4. The van der Waals surface area contributed by atoms with Crippen LogP contribution < -0.4 is 16.2 Å². The molecule has 28 heavy (non-hydrogen) atoms. The lowest BCUT2D eigenvalue weighted by Crippen LogP contribution is -2.25. The highest BCUT2D eigenvalue weighted by molar-refractivity contribution is 6.05. The predicted octanol–water partition coefficient (Wildman–Crippen LogP) is 2.67. The summed E-state index contributed by atoms with van der Waals surface area (Å²) in [4.78, 5) is 47.0. The van der Waals surface area contributed by atoms with E-state index in [0.717, 1.165) is 6.07 Å². The monoisotopic (exact) mass is 395 g/mol. The van der Waals surface area contributed by atoms with Crippen molar-refractivity contribution >= 4 is 29.0 Å². The molecule has 1 aromatic carbocycles. The number of amides is 2. The average molecular weight is 395 g/mol. The fourth-order valence-electron chi connectivity index (χ4n) is 2.42. The third-order valence-corrected chi connectivity index (χ3v) is 3.58. The summed E-state index contributed by atoms with van der Waals surface area (Å²) in [5, 5.41) is 4.91. The number of aromatic nitrogens is 1. The summed E-state index contributed by atoms with van der Waals surface area (Å²) in [6, 6.07) is 5.40. The summed E-state index contributed by atoms with van der Waals surface area (Å²) in [6.45, 7) is 1.82. The fraction of sp³-hybridized carbons (Fsp3) is 0.222. The predicted molar refractivity (Wildman–Crippen MR) is 95.1 cm³/mol. The summed E-state index contributed by atoms with van der Waals surface area (Å²) in [6.07, 6.45) is -4.11. The Labute approximate surface area is 157 Å². The van der Waals surface area contributed by atoms with Gasteiger partial charge in [0.1, 0.15) is 0 Å². The minimum atomic E-state index is -4.67.